The summed E-state index contributed by atoms with van der Waals surface area (Å²) in [6, 6.07) is 15.9. The van der Waals surface area contributed by atoms with Crippen molar-refractivity contribution in [3.63, 3.8) is 0 Å². The van der Waals surface area contributed by atoms with E-state index >= 15 is 0 Å². The molecule has 1 heteroatoms. The third-order valence-corrected chi connectivity index (χ3v) is 6.30. The molecule has 1 atom stereocenters. The molecule has 1 nitrogen and oxygen atoms in total. The Bertz CT molecular complexity index is 657. The molecule has 30 heavy (non-hydrogen) atoms. The van der Waals surface area contributed by atoms with E-state index in [4.69, 9.17) is 4.74 Å². The van der Waals surface area contributed by atoms with E-state index in [9.17, 15) is 0 Å². The van der Waals surface area contributed by atoms with Gasteiger partial charge >= 0.3 is 0 Å². The summed E-state index contributed by atoms with van der Waals surface area (Å²) >= 11 is 0. The first-order chi connectivity index (χ1) is 14.9. The lowest BCUT2D eigenvalue weighted by molar-refractivity contribution is 0.134. The van der Waals surface area contributed by atoms with Crippen LogP contribution in [0.4, 0.5) is 0 Å². The van der Waals surface area contributed by atoms with E-state index in [1.165, 1.54) is 94.2 Å². The molecule has 167 valence electrons. The van der Waals surface area contributed by atoms with E-state index in [1.54, 1.807) is 5.56 Å². The van der Waals surface area contributed by atoms with Crippen molar-refractivity contribution >= 4 is 10.8 Å². The molecule has 0 fully saturated rings. The Morgan fingerprint density at radius 1 is 0.700 bits per heavy atom. The van der Waals surface area contributed by atoms with Crippen LogP contribution in [0.3, 0.4) is 0 Å². The van der Waals surface area contributed by atoms with Crippen molar-refractivity contribution < 1.29 is 4.74 Å². The second kappa shape index (κ2) is 16.4. The van der Waals surface area contributed by atoms with E-state index in [0.717, 1.165) is 19.6 Å². The molecule has 0 unspecified atom stereocenters. The lowest BCUT2D eigenvalue weighted by atomic mass is 9.85. The third kappa shape index (κ3) is 9.65. The second-order valence-corrected chi connectivity index (χ2v) is 8.84. The van der Waals surface area contributed by atoms with Gasteiger partial charge in [-0.3, -0.25) is 0 Å². The minimum absolute atomic E-state index is 0.716. The Labute approximate surface area is 186 Å². The van der Waals surface area contributed by atoms with Gasteiger partial charge in [0.1, 0.15) is 0 Å². The summed E-state index contributed by atoms with van der Waals surface area (Å²) in [5, 5.41) is 2.87. The Hall–Kier alpha value is -1.34. The predicted octanol–water partition coefficient (Wildman–Crippen LogP) is 9.26. The lowest BCUT2D eigenvalue weighted by Gasteiger charge is -2.20. The van der Waals surface area contributed by atoms with Gasteiger partial charge in [0.05, 0.1) is 0 Å². The lowest BCUT2D eigenvalue weighted by Crippen LogP contribution is -2.01. The molecule has 0 aliphatic heterocycles. The van der Waals surface area contributed by atoms with E-state index in [0.29, 0.717) is 5.92 Å². The fourth-order valence-electron chi connectivity index (χ4n) is 4.56. The standard InChI is InChI=1S/C29H45O/c1-3-5-6-9-12-18-26(19-13-10-7-8-11-16-25-30-24-4-2)29-23-17-21-27-20-14-15-22-28(27)29/h14-15,17,20-23,26H,2-13,16,18-19,24-25H2,1H3/t26-/m0/s1. The van der Waals surface area contributed by atoms with Gasteiger partial charge in [0, 0.05) is 13.2 Å². The van der Waals surface area contributed by atoms with Crippen LogP contribution in [0.15, 0.2) is 42.5 Å². The average molecular weight is 410 g/mol. The molecule has 0 spiro atoms. The smallest absolute Gasteiger partial charge is 0.0466 e. The van der Waals surface area contributed by atoms with Crippen LogP contribution in [0, 0.1) is 6.92 Å². The molecule has 1 radical (unpaired) electrons. The summed E-state index contributed by atoms with van der Waals surface area (Å²) in [6.45, 7) is 7.84. The summed E-state index contributed by atoms with van der Waals surface area (Å²) in [4.78, 5) is 0. The Balaban J connectivity index is 1.79. The number of hydrogen-bond acceptors (Lipinski definition) is 1. The molecule has 0 amide bonds. The summed E-state index contributed by atoms with van der Waals surface area (Å²) in [5.41, 5.74) is 1.59. The monoisotopic (exact) mass is 409 g/mol. The molecule has 2 aromatic carbocycles. The molecule has 0 aliphatic carbocycles. The summed E-state index contributed by atoms with van der Waals surface area (Å²) in [7, 11) is 0. The molecule has 0 aromatic heterocycles. The first-order valence-corrected chi connectivity index (χ1v) is 12.7. The topological polar surface area (TPSA) is 9.23 Å². The summed E-state index contributed by atoms with van der Waals surface area (Å²) in [5.74, 6) is 0.716. The number of ether oxygens (including phenoxy) is 1. The maximum Gasteiger partial charge on any atom is 0.0466 e. The zero-order chi connectivity index (χ0) is 21.3. The van der Waals surface area contributed by atoms with Crippen LogP contribution in [-0.4, -0.2) is 13.2 Å². The van der Waals surface area contributed by atoms with Crippen LogP contribution >= 0.6 is 0 Å². The summed E-state index contributed by atoms with van der Waals surface area (Å²) in [6.07, 6.45) is 18.4. The highest BCUT2D eigenvalue weighted by Crippen LogP contribution is 2.33. The number of unbranched alkanes of at least 4 members (excludes halogenated alkanes) is 9. The van der Waals surface area contributed by atoms with Crippen molar-refractivity contribution in [1.29, 1.82) is 0 Å². The maximum absolute atomic E-state index is 5.53. The van der Waals surface area contributed by atoms with Gasteiger partial charge in [-0.15, -0.1) is 0 Å². The molecule has 0 heterocycles. The van der Waals surface area contributed by atoms with Gasteiger partial charge in [-0.05, 0) is 47.9 Å². The SMILES string of the molecule is [CH2]CCOCCCCCCCC[C@H](CCCCCCC)c1cccc2ccccc12. The second-order valence-electron chi connectivity index (χ2n) is 8.84. The Morgan fingerprint density at radius 2 is 1.33 bits per heavy atom. The average Bonchev–Trinajstić information content (AvgIpc) is 2.78. The normalized spacial score (nSPS) is 12.5. The van der Waals surface area contributed by atoms with Gasteiger partial charge in [0.25, 0.3) is 0 Å². The molecule has 2 rings (SSSR count). The van der Waals surface area contributed by atoms with Gasteiger partial charge in [0.2, 0.25) is 0 Å². The fourth-order valence-corrected chi connectivity index (χ4v) is 4.56. The predicted molar refractivity (Wildman–Crippen MR) is 133 cm³/mol. The number of benzene rings is 2. The zero-order valence-electron chi connectivity index (χ0n) is 19.5. The van der Waals surface area contributed by atoms with Crippen molar-refractivity contribution in [2.24, 2.45) is 0 Å². The highest BCUT2D eigenvalue weighted by molar-refractivity contribution is 5.86. The van der Waals surface area contributed by atoms with Crippen LogP contribution in [0.2, 0.25) is 0 Å². The molecule has 0 saturated carbocycles. The van der Waals surface area contributed by atoms with E-state index in [2.05, 4.69) is 56.3 Å². The molecular weight excluding hydrogens is 364 g/mol. The van der Waals surface area contributed by atoms with E-state index in [-0.39, 0.29) is 0 Å². The zero-order valence-corrected chi connectivity index (χ0v) is 19.5. The van der Waals surface area contributed by atoms with E-state index in [1.807, 2.05) is 0 Å². The van der Waals surface area contributed by atoms with Crippen LogP contribution in [-0.2, 0) is 4.74 Å². The third-order valence-electron chi connectivity index (χ3n) is 6.30. The van der Waals surface area contributed by atoms with Crippen LogP contribution < -0.4 is 0 Å². The molecular formula is C29H45O. The van der Waals surface area contributed by atoms with Crippen molar-refractivity contribution in [2.45, 2.75) is 103 Å². The highest BCUT2D eigenvalue weighted by Gasteiger charge is 2.14. The number of fused-ring (bicyclic) bond motifs is 1. The van der Waals surface area contributed by atoms with Crippen molar-refractivity contribution in [3.05, 3.63) is 55.0 Å². The largest absolute Gasteiger partial charge is 0.381 e. The maximum atomic E-state index is 5.53. The number of rotatable bonds is 18. The number of hydrogen-bond donors (Lipinski definition) is 0. The van der Waals surface area contributed by atoms with Crippen LogP contribution in [0.5, 0.6) is 0 Å². The van der Waals surface area contributed by atoms with Crippen LogP contribution in [0.1, 0.15) is 108 Å². The van der Waals surface area contributed by atoms with Gasteiger partial charge in [-0.1, -0.05) is 121 Å². The molecule has 0 bridgehead atoms. The minimum Gasteiger partial charge on any atom is -0.381 e. The Kier molecular flexibility index (Phi) is 13.6. The Morgan fingerprint density at radius 3 is 2.07 bits per heavy atom. The van der Waals surface area contributed by atoms with Gasteiger partial charge in [-0.25, -0.2) is 0 Å². The van der Waals surface area contributed by atoms with Crippen molar-refractivity contribution in [1.82, 2.24) is 0 Å². The first-order valence-electron chi connectivity index (χ1n) is 12.7. The van der Waals surface area contributed by atoms with Crippen molar-refractivity contribution in [3.8, 4) is 0 Å². The fraction of sp³-hybridized carbons (Fsp3) is 0.621. The van der Waals surface area contributed by atoms with Gasteiger partial charge in [0.15, 0.2) is 0 Å². The molecule has 0 saturated heterocycles. The van der Waals surface area contributed by atoms with Gasteiger partial charge in [-0.2, -0.15) is 0 Å². The summed E-state index contributed by atoms with van der Waals surface area (Å²) < 4.78 is 5.53. The van der Waals surface area contributed by atoms with Crippen molar-refractivity contribution in [2.75, 3.05) is 13.2 Å². The highest BCUT2D eigenvalue weighted by atomic mass is 16.5. The first kappa shape index (κ1) is 24.9. The van der Waals surface area contributed by atoms with Gasteiger partial charge < -0.3 is 4.74 Å². The molecule has 0 aliphatic rings. The quantitative estimate of drug-likeness (QED) is 0.223. The molecule has 0 N–H and O–H groups in total. The van der Waals surface area contributed by atoms with E-state index < -0.39 is 0 Å². The van der Waals surface area contributed by atoms with Crippen LogP contribution in [0.25, 0.3) is 10.8 Å². The molecule has 2 aromatic rings. The minimum atomic E-state index is 0.716.